The van der Waals surface area contributed by atoms with Gasteiger partial charge in [0.15, 0.2) is 0 Å². The molecule has 1 aliphatic rings. The predicted octanol–water partition coefficient (Wildman–Crippen LogP) is 2.11. The third-order valence-electron chi connectivity index (χ3n) is 3.85. The average Bonchev–Trinajstić information content (AvgIpc) is 3.09. The van der Waals surface area contributed by atoms with E-state index in [0.29, 0.717) is 5.69 Å². The number of nitrogens with zero attached hydrogens (tertiary/aromatic N) is 3. The van der Waals surface area contributed by atoms with Crippen molar-refractivity contribution in [3.05, 3.63) is 52.6 Å². The number of nitrogens with one attached hydrogen (secondary N) is 2. The fraction of sp³-hybridized carbons (Fsp3) is 0.333. The van der Waals surface area contributed by atoms with Crippen LogP contribution in [0.2, 0.25) is 0 Å². The number of nitro benzene ring substituents is 1. The number of piperidine rings is 1. The molecule has 25 heavy (non-hydrogen) atoms. The number of benzene rings is 1. The predicted molar refractivity (Wildman–Crippen MR) is 98.1 cm³/mol. The molecule has 0 aliphatic carbocycles. The van der Waals surface area contributed by atoms with Crippen LogP contribution in [0.3, 0.4) is 0 Å². The molecule has 2 heterocycles. The lowest BCUT2D eigenvalue weighted by atomic mass is 10.1. The fourth-order valence-electron chi connectivity index (χ4n) is 2.67. The van der Waals surface area contributed by atoms with Crippen molar-refractivity contribution in [3.63, 3.8) is 0 Å². The summed E-state index contributed by atoms with van der Waals surface area (Å²) in [6.07, 6.45) is 6.56. The van der Waals surface area contributed by atoms with Crippen LogP contribution in [0.4, 0.5) is 5.69 Å². The van der Waals surface area contributed by atoms with Gasteiger partial charge < -0.3 is 15.2 Å². The first-order valence-corrected chi connectivity index (χ1v) is 7.43. The lowest BCUT2D eigenvalue weighted by Crippen LogP contribution is -2.45. The zero-order chi connectivity index (χ0) is 16.2. The molecular weight excluding hydrogens is 369 g/mol. The maximum atomic E-state index is 12.3. The molecule has 10 heteroatoms. The maximum Gasteiger partial charge on any atom is 0.294 e. The van der Waals surface area contributed by atoms with Crippen LogP contribution in [0.5, 0.6) is 0 Å². The minimum Gasteiger partial charge on any atom is -0.348 e. The first-order chi connectivity index (χ1) is 11.1. The Bertz CT molecular complexity index is 718. The summed E-state index contributed by atoms with van der Waals surface area (Å²) >= 11 is 0. The van der Waals surface area contributed by atoms with Crippen molar-refractivity contribution >= 4 is 36.4 Å². The van der Waals surface area contributed by atoms with Crippen LogP contribution in [0.1, 0.15) is 23.2 Å². The van der Waals surface area contributed by atoms with Gasteiger partial charge in [0.2, 0.25) is 0 Å². The number of amides is 1. The zero-order valence-electron chi connectivity index (χ0n) is 13.3. The lowest BCUT2D eigenvalue weighted by molar-refractivity contribution is -0.384. The van der Waals surface area contributed by atoms with Gasteiger partial charge in [-0.15, -0.1) is 24.8 Å². The molecule has 0 bridgehead atoms. The van der Waals surface area contributed by atoms with E-state index in [-0.39, 0.29) is 48.0 Å². The van der Waals surface area contributed by atoms with Crippen LogP contribution in [-0.2, 0) is 0 Å². The summed E-state index contributed by atoms with van der Waals surface area (Å²) in [6.45, 7) is 1.68. The highest BCUT2D eigenvalue weighted by Crippen LogP contribution is 2.24. The Morgan fingerprint density at radius 2 is 2.20 bits per heavy atom. The molecule has 1 aromatic carbocycles. The molecule has 1 fully saturated rings. The van der Waals surface area contributed by atoms with Gasteiger partial charge in [0.1, 0.15) is 5.69 Å². The molecule has 1 aliphatic heterocycles. The van der Waals surface area contributed by atoms with Crippen molar-refractivity contribution in [2.24, 2.45) is 0 Å². The second kappa shape index (κ2) is 9.36. The molecule has 1 unspecified atom stereocenters. The number of carbonyl (C=O) groups excluding carboxylic acids is 1. The molecule has 1 saturated heterocycles. The lowest BCUT2D eigenvalue weighted by Gasteiger charge is -2.23. The van der Waals surface area contributed by atoms with Crippen molar-refractivity contribution < 1.29 is 9.72 Å². The summed E-state index contributed by atoms with van der Waals surface area (Å²) < 4.78 is 1.55. The van der Waals surface area contributed by atoms with E-state index in [2.05, 4.69) is 15.6 Å². The van der Waals surface area contributed by atoms with Crippen molar-refractivity contribution in [2.75, 3.05) is 13.1 Å². The second-order valence-electron chi connectivity index (χ2n) is 5.45. The standard InChI is InChI=1S/C15H17N5O3.2ClH/c21-15(18-12-2-1-5-16-9-12)11-3-4-13(14(8-11)20(22)23)19-7-6-17-10-19;;/h3-4,6-8,10,12,16H,1-2,5,9H2,(H,18,21);2*1H. The van der Waals surface area contributed by atoms with E-state index in [0.717, 1.165) is 25.9 Å². The molecule has 0 spiro atoms. The van der Waals surface area contributed by atoms with Gasteiger partial charge in [0.05, 0.1) is 11.3 Å². The molecule has 3 rings (SSSR count). The van der Waals surface area contributed by atoms with Crippen molar-refractivity contribution in [2.45, 2.75) is 18.9 Å². The van der Waals surface area contributed by atoms with Gasteiger partial charge in [-0.25, -0.2) is 4.98 Å². The Labute approximate surface area is 157 Å². The van der Waals surface area contributed by atoms with Gasteiger partial charge in [-0.1, -0.05) is 0 Å². The third-order valence-corrected chi connectivity index (χ3v) is 3.85. The molecule has 0 radical (unpaired) electrons. The molecule has 2 aromatic rings. The van der Waals surface area contributed by atoms with Crippen LogP contribution in [-0.4, -0.2) is 39.5 Å². The Hall–Kier alpha value is -2.16. The summed E-state index contributed by atoms with van der Waals surface area (Å²) in [7, 11) is 0. The smallest absolute Gasteiger partial charge is 0.294 e. The molecular formula is C15H19Cl2N5O3. The second-order valence-corrected chi connectivity index (χ2v) is 5.45. The number of hydrogen-bond donors (Lipinski definition) is 2. The van der Waals surface area contributed by atoms with Gasteiger partial charge in [0.25, 0.3) is 11.6 Å². The number of nitro groups is 1. The SMILES string of the molecule is Cl.Cl.O=C(NC1CCCNC1)c1ccc(-n2ccnc2)c([N+](=O)[O-])c1. The Kier molecular flexibility index (Phi) is 7.82. The molecule has 136 valence electrons. The van der Waals surface area contributed by atoms with E-state index >= 15 is 0 Å². The molecule has 1 atom stereocenters. The van der Waals surface area contributed by atoms with E-state index in [1.54, 1.807) is 29.1 Å². The number of carbonyl (C=O) groups is 1. The number of aromatic nitrogens is 2. The van der Waals surface area contributed by atoms with Crippen LogP contribution in [0.15, 0.2) is 36.9 Å². The quantitative estimate of drug-likeness (QED) is 0.617. The number of halogens is 2. The molecule has 1 aromatic heterocycles. The van der Waals surface area contributed by atoms with Crippen LogP contribution in [0, 0.1) is 10.1 Å². The van der Waals surface area contributed by atoms with Crippen LogP contribution >= 0.6 is 24.8 Å². The van der Waals surface area contributed by atoms with E-state index in [1.165, 1.54) is 12.4 Å². The highest BCUT2D eigenvalue weighted by atomic mass is 35.5. The first-order valence-electron chi connectivity index (χ1n) is 7.43. The Morgan fingerprint density at radius 3 is 2.80 bits per heavy atom. The number of imidazole rings is 1. The zero-order valence-corrected chi connectivity index (χ0v) is 14.9. The summed E-state index contributed by atoms with van der Waals surface area (Å²) in [4.78, 5) is 27.0. The van der Waals surface area contributed by atoms with Crippen molar-refractivity contribution in [1.29, 1.82) is 0 Å². The Morgan fingerprint density at radius 1 is 1.40 bits per heavy atom. The maximum absolute atomic E-state index is 12.3. The van der Waals surface area contributed by atoms with Crippen molar-refractivity contribution in [1.82, 2.24) is 20.2 Å². The molecule has 2 N–H and O–H groups in total. The summed E-state index contributed by atoms with van der Waals surface area (Å²) in [5, 5.41) is 17.4. The largest absolute Gasteiger partial charge is 0.348 e. The summed E-state index contributed by atoms with van der Waals surface area (Å²) in [5.74, 6) is -0.293. The van der Waals surface area contributed by atoms with E-state index in [9.17, 15) is 14.9 Å². The number of hydrogen-bond acceptors (Lipinski definition) is 5. The van der Waals surface area contributed by atoms with E-state index in [4.69, 9.17) is 0 Å². The number of rotatable bonds is 4. The van der Waals surface area contributed by atoms with Gasteiger partial charge in [-0.3, -0.25) is 14.9 Å². The fourth-order valence-corrected chi connectivity index (χ4v) is 2.67. The van der Waals surface area contributed by atoms with Gasteiger partial charge >= 0.3 is 0 Å². The monoisotopic (exact) mass is 387 g/mol. The third kappa shape index (κ3) is 4.91. The van der Waals surface area contributed by atoms with Gasteiger partial charge in [-0.2, -0.15) is 0 Å². The van der Waals surface area contributed by atoms with Crippen molar-refractivity contribution in [3.8, 4) is 5.69 Å². The normalized spacial score (nSPS) is 16.2. The summed E-state index contributed by atoms with van der Waals surface area (Å²) in [5.41, 5.74) is 0.534. The van der Waals surface area contributed by atoms with Gasteiger partial charge in [-0.05, 0) is 31.5 Å². The topological polar surface area (TPSA) is 102 Å². The summed E-state index contributed by atoms with van der Waals surface area (Å²) in [6, 6.07) is 4.52. The highest BCUT2D eigenvalue weighted by Gasteiger charge is 2.21. The molecule has 0 saturated carbocycles. The molecule has 8 nitrogen and oxygen atoms in total. The van der Waals surface area contributed by atoms with Crippen LogP contribution < -0.4 is 10.6 Å². The van der Waals surface area contributed by atoms with E-state index in [1.807, 2.05) is 0 Å². The van der Waals surface area contributed by atoms with E-state index < -0.39 is 4.92 Å². The highest BCUT2D eigenvalue weighted by molar-refractivity contribution is 5.95. The Balaban J connectivity index is 0.00000156. The minimum atomic E-state index is -0.492. The minimum absolute atomic E-state index is 0. The first kappa shape index (κ1) is 20.9. The van der Waals surface area contributed by atoms with Crippen LogP contribution in [0.25, 0.3) is 5.69 Å². The van der Waals surface area contributed by atoms with Gasteiger partial charge in [0, 0.05) is 36.6 Å². The average molecular weight is 388 g/mol. The molecule has 1 amide bonds.